The maximum Gasteiger partial charge on any atom is 0.309 e. The lowest BCUT2D eigenvalue weighted by molar-refractivity contribution is -0.159. The summed E-state index contributed by atoms with van der Waals surface area (Å²) >= 11 is 0. The van der Waals surface area contributed by atoms with Crippen LogP contribution in [0, 0.1) is 12.8 Å². The van der Waals surface area contributed by atoms with Gasteiger partial charge >= 0.3 is 5.97 Å². The van der Waals surface area contributed by atoms with Gasteiger partial charge in [-0.15, -0.1) is 0 Å². The third kappa shape index (κ3) is 4.82. The van der Waals surface area contributed by atoms with Crippen LogP contribution in [0.3, 0.4) is 0 Å². The summed E-state index contributed by atoms with van der Waals surface area (Å²) in [6.45, 7) is 11.0. The van der Waals surface area contributed by atoms with Gasteiger partial charge in [0.1, 0.15) is 5.60 Å². The molecule has 0 N–H and O–H groups in total. The molecule has 0 saturated carbocycles. The van der Waals surface area contributed by atoms with E-state index in [2.05, 4.69) is 6.92 Å². The highest BCUT2D eigenvalue weighted by atomic mass is 16.6. The van der Waals surface area contributed by atoms with E-state index < -0.39 is 0 Å². The Morgan fingerprint density at radius 1 is 1.55 bits per heavy atom. The average Bonchev–Trinajstić information content (AvgIpc) is 1.82. The molecule has 0 aromatic rings. The first-order valence-electron chi connectivity index (χ1n) is 3.89. The molecule has 1 radical (unpaired) electrons. The first-order valence-corrected chi connectivity index (χ1v) is 3.89. The van der Waals surface area contributed by atoms with Crippen LogP contribution < -0.4 is 0 Å². The molecule has 0 rings (SSSR count). The molecule has 0 aromatic heterocycles. The van der Waals surface area contributed by atoms with Gasteiger partial charge in [-0.2, -0.15) is 0 Å². The number of carbonyl (C=O) groups excluding carboxylic acids is 1. The molecule has 2 heteroatoms. The predicted octanol–water partition coefficient (Wildman–Crippen LogP) is 2.19. The van der Waals surface area contributed by atoms with Gasteiger partial charge in [0.05, 0.1) is 5.92 Å². The van der Waals surface area contributed by atoms with Crippen LogP contribution in [0.2, 0.25) is 0 Å². The SMILES string of the molecule is [CH2]C[C@H](C)C(=O)OC(C)(C)C. The van der Waals surface area contributed by atoms with Crippen molar-refractivity contribution in [3.8, 4) is 0 Å². The zero-order valence-electron chi connectivity index (χ0n) is 7.81. The summed E-state index contributed by atoms with van der Waals surface area (Å²) in [5.74, 6) is -0.248. The van der Waals surface area contributed by atoms with Crippen molar-refractivity contribution in [2.24, 2.45) is 5.92 Å². The van der Waals surface area contributed by atoms with E-state index >= 15 is 0 Å². The van der Waals surface area contributed by atoms with Gasteiger partial charge < -0.3 is 4.74 Å². The normalized spacial score (nSPS) is 14.3. The van der Waals surface area contributed by atoms with Gasteiger partial charge in [-0.25, -0.2) is 0 Å². The smallest absolute Gasteiger partial charge is 0.309 e. The monoisotopic (exact) mass is 157 g/mol. The van der Waals surface area contributed by atoms with E-state index in [1.807, 2.05) is 27.7 Å². The van der Waals surface area contributed by atoms with Gasteiger partial charge in [0.15, 0.2) is 0 Å². The predicted molar refractivity (Wildman–Crippen MR) is 45.0 cm³/mol. The number of hydrogen-bond acceptors (Lipinski definition) is 2. The summed E-state index contributed by atoms with van der Waals surface area (Å²) in [5, 5.41) is 0. The van der Waals surface area contributed by atoms with E-state index in [0.29, 0.717) is 6.42 Å². The molecule has 0 fully saturated rings. The third-order valence-electron chi connectivity index (χ3n) is 1.24. The fraction of sp³-hybridized carbons (Fsp3) is 0.778. The Kier molecular flexibility index (Phi) is 3.56. The number of hydrogen-bond donors (Lipinski definition) is 0. The van der Waals surface area contributed by atoms with Crippen molar-refractivity contribution in [2.45, 2.75) is 39.7 Å². The number of rotatable bonds is 2. The van der Waals surface area contributed by atoms with Gasteiger partial charge in [0.25, 0.3) is 0 Å². The van der Waals surface area contributed by atoms with Crippen molar-refractivity contribution >= 4 is 5.97 Å². The van der Waals surface area contributed by atoms with Crippen molar-refractivity contribution in [2.75, 3.05) is 0 Å². The minimum absolute atomic E-state index is 0.0887. The van der Waals surface area contributed by atoms with Crippen LogP contribution in [0.4, 0.5) is 0 Å². The molecule has 0 heterocycles. The third-order valence-corrected chi connectivity index (χ3v) is 1.24. The molecule has 0 saturated heterocycles. The van der Waals surface area contributed by atoms with E-state index in [9.17, 15) is 4.79 Å². The van der Waals surface area contributed by atoms with Crippen LogP contribution in [0.1, 0.15) is 34.1 Å². The Morgan fingerprint density at radius 2 is 2.00 bits per heavy atom. The van der Waals surface area contributed by atoms with Crippen molar-refractivity contribution in [1.82, 2.24) is 0 Å². The van der Waals surface area contributed by atoms with Crippen molar-refractivity contribution < 1.29 is 9.53 Å². The quantitative estimate of drug-likeness (QED) is 0.574. The van der Waals surface area contributed by atoms with Crippen LogP contribution in [-0.2, 0) is 9.53 Å². The first-order chi connectivity index (χ1) is 4.87. The molecule has 1 atom stereocenters. The van der Waals surface area contributed by atoms with Crippen molar-refractivity contribution in [3.63, 3.8) is 0 Å². The molecular formula is C9H17O2. The summed E-state index contributed by atoms with van der Waals surface area (Å²) in [5.41, 5.74) is -0.374. The lowest BCUT2D eigenvalue weighted by Crippen LogP contribution is -2.27. The van der Waals surface area contributed by atoms with Gasteiger partial charge in [0, 0.05) is 0 Å². The highest BCUT2D eigenvalue weighted by Crippen LogP contribution is 2.12. The molecule has 0 aromatic carbocycles. The lowest BCUT2D eigenvalue weighted by atomic mass is 10.1. The van der Waals surface area contributed by atoms with E-state index in [1.165, 1.54) is 0 Å². The van der Waals surface area contributed by atoms with E-state index in [1.54, 1.807) is 0 Å². The topological polar surface area (TPSA) is 26.3 Å². The highest BCUT2D eigenvalue weighted by Gasteiger charge is 2.19. The molecule has 0 spiro atoms. The molecule has 0 amide bonds. The second kappa shape index (κ2) is 3.74. The zero-order chi connectivity index (χ0) is 9.07. The van der Waals surface area contributed by atoms with E-state index in [0.717, 1.165) is 0 Å². The van der Waals surface area contributed by atoms with Gasteiger partial charge in [-0.3, -0.25) is 4.79 Å². The Labute approximate surface area is 68.9 Å². The molecule has 11 heavy (non-hydrogen) atoms. The lowest BCUT2D eigenvalue weighted by Gasteiger charge is -2.21. The Balaban J connectivity index is 3.88. The summed E-state index contributed by atoms with van der Waals surface area (Å²) in [6, 6.07) is 0. The maximum absolute atomic E-state index is 11.1. The molecule has 0 aliphatic heterocycles. The van der Waals surface area contributed by atoms with Crippen LogP contribution >= 0.6 is 0 Å². The maximum atomic E-state index is 11.1. The number of carbonyl (C=O) groups is 1. The minimum Gasteiger partial charge on any atom is -0.460 e. The van der Waals surface area contributed by atoms with Gasteiger partial charge in [-0.05, 0) is 27.2 Å². The van der Waals surface area contributed by atoms with Crippen molar-refractivity contribution in [1.29, 1.82) is 0 Å². The number of esters is 1. The second-order valence-corrected chi connectivity index (χ2v) is 3.72. The van der Waals surface area contributed by atoms with Gasteiger partial charge in [-0.1, -0.05) is 13.8 Å². The second-order valence-electron chi connectivity index (χ2n) is 3.72. The van der Waals surface area contributed by atoms with Crippen LogP contribution in [-0.4, -0.2) is 11.6 Å². The van der Waals surface area contributed by atoms with Crippen LogP contribution in [0.25, 0.3) is 0 Å². The Hall–Kier alpha value is -0.530. The van der Waals surface area contributed by atoms with Crippen molar-refractivity contribution in [3.05, 3.63) is 6.92 Å². The molecule has 0 unspecified atom stereocenters. The summed E-state index contributed by atoms with van der Waals surface area (Å²) in [6.07, 6.45) is 0.592. The largest absolute Gasteiger partial charge is 0.460 e. The number of ether oxygens (including phenoxy) is 1. The van der Waals surface area contributed by atoms with E-state index in [-0.39, 0.29) is 17.5 Å². The Morgan fingerprint density at radius 3 is 2.27 bits per heavy atom. The fourth-order valence-electron chi connectivity index (χ4n) is 0.520. The summed E-state index contributed by atoms with van der Waals surface area (Å²) < 4.78 is 5.11. The molecule has 0 aliphatic rings. The first kappa shape index (κ1) is 10.5. The van der Waals surface area contributed by atoms with Crippen LogP contribution in [0.5, 0.6) is 0 Å². The highest BCUT2D eigenvalue weighted by molar-refractivity contribution is 5.72. The molecule has 2 nitrogen and oxygen atoms in total. The molecule has 0 bridgehead atoms. The molecule has 0 aliphatic carbocycles. The molecule has 65 valence electrons. The van der Waals surface area contributed by atoms with Gasteiger partial charge in [0.2, 0.25) is 0 Å². The Bertz CT molecular complexity index is 133. The fourth-order valence-corrected chi connectivity index (χ4v) is 0.520. The van der Waals surface area contributed by atoms with E-state index in [4.69, 9.17) is 4.74 Å². The van der Waals surface area contributed by atoms with Crippen LogP contribution in [0.15, 0.2) is 0 Å². The standard InChI is InChI=1S/C9H17O2/c1-6-7(2)8(10)11-9(3,4)5/h7H,1,6H2,2-5H3/t7-/m0/s1. The average molecular weight is 157 g/mol. The molecular weight excluding hydrogens is 140 g/mol. The minimum atomic E-state index is -0.374. The summed E-state index contributed by atoms with van der Waals surface area (Å²) in [7, 11) is 0. The summed E-state index contributed by atoms with van der Waals surface area (Å²) in [4.78, 5) is 11.1. The zero-order valence-corrected chi connectivity index (χ0v) is 7.81.